The van der Waals surface area contributed by atoms with Gasteiger partial charge in [-0.05, 0) is 13.3 Å². The van der Waals surface area contributed by atoms with E-state index in [4.69, 9.17) is 25.5 Å². The van der Waals surface area contributed by atoms with Gasteiger partial charge in [-0.2, -0.15) is 0 Å². The number of carboxylic acid groups (broad SMARTS) is 1. The number of aliphatic carboxylic acids is 1. The number of rotatable bonds is 8. The maximum absolute atomic E-state index is 10.1. The number of hydrogen-bond donors (Lipinski definition) is 6. The first-order valence-electron chi connectivity index (χ1n) is 6.19. The van der Waals surface area contributed by atoms with Gasteiger partial charge in [0.1, 0.15) is 23.9 Å². The lowest BCUT2D eigenvalue weighted by Crippen LogP contribution is -2.56. The minimum atomic E-state index is -2.18. The minimum Gasteiger partial charge on any atom is -0.481 e. The average Bonchev–Trinajstić information content (AvgIpc) is 2.42. The summed E-state index contributed by atoms with van der Waals surface area (Å²) in [5.74, 6) is -0.693. The molecule has 0 aliphatic carbocycles. The van der Waals surface area contributed by atoms with Crippen molar-refractivity contribution < 1.29 is 40.2 Å². The summed E-state index contributed by atoms with van der Waals surface area (Å²) in [4.78, 5) is 19.9. The fraction of sp³-hybridized carbons (Fsp3) is 0.833. The van der Waals surface area contributed by atoms with Crippen LogP contribution < -0.4 is 0 Å². The first kappa shape index (κ1) is 21.2. The zero-order chi connectivity index (χ0) is 16.3. The first-order chi connectivity index (χ1) is 9.14. The summed E-state index contributed by atoms with van der Waals surface area (Å²) in [5.41, 5.74) is -2.18. The van der Waals surface area contributed by atoms with E-state index in [2.05, 4.69) is 0 Å². The molecule has 0 spiro atoms. The van der Waals surface area contributed by atoms with Crippen LogP contribution in [0.5, 0.6) is 0 Å². The Balaban J connectivity index is 0. The van der Waals surface area contributed by atoms with Crippen LogP contribution in [0.4, 0.5) is 0 Å². The van der Waals surface area contributed by atoms with Crippen molar-refractivity contribution in [2.24, 2.45) is 0 Å². The van der Waals surface area contributed by atoms with Gasteiger partial charge < -0.3 is 35.4 Å². The molecular formula is C12H24O8. The van der Waals surface area contributed by atoms with E-state index in [0.29, 0.717) is 6.42 Å². The van der Waals surface area contributed by atoms with Crippen LogP contribution in [0, 0.1) is 0 Å². The molecule has 0 aromatic heterocycles. The number of carbonyl (C=O) groups is 2. The molecule has 4 atom stereocenters. The van der Waals surface area contributed by atoms with E-state index in [1.165, 1.54) is 0 Å². The molecule has 0 aliphatic heterocycles. The van der Waals surface area contributed by atoms with Crippen molar-refractivity contribution in [2.45, 2.75) is 57.0 Å². The molecule has 8 heteroatoms. The fourth-order valence-corrected chi connectivity index (χ4v) is 1.13. The molecule has 4 unspecified atom stereocenters. The highest BCUT2D eigenvalue weighted by molar-refractivity contribution is 5.66. The Labute approximate surface area is 117 Å². The summed E-state index contributed by atoms with van der Waals surface area (Å²) < 4.78 is 0. The lowest BCUT2D eigenvalue weighted by Gasteiger charge is -2.32. The zero-order valence-electron chi connectivity index (χ0n) is 11.6. The number of carbonyl (C=O) groups excluding carboxylic acids is 1. The largest absolute Gasteiger partial charge is 0.481 e. The molecule has 0 heterocycles. The van der Waals surface area contributed by atoms with Crippen LogP contribution in [-0.4, -0.2) is 73.4 Å². The molecule has 6 N–H and O–H groups in total. The summed E-state index contributed by atoms with van der Waals surface area (Å²) in [6.07, 6.45) is -3.10. The SMILES string of the molecule is CC(O)(C(O)C=O)C(O)C(O)CO.CCCCC(=O)O. The van der Waals surface area contributed by atoms with Crippen molar-refractivity contribution in [3.8, 4) is 0 Å². The Bertz CT molecular complexity index is 279. The Morgan fingerprint density at radius 3 is 2.05 bits per heavy atom. The summed E-state index contributed by atoms with van der Waals surface area (Å²) in [5, 5.41) is 52.8. The molecule has 0 radical (unpaired) electrons. The molecule has 0 aromatic carbocycles. The molecule has 120 valence electrons. The van der Waals surface area contributed by atoms with Gasteiger partial charge in [-0.25, -0.2) is 0 Å². The minimum absolute atomic E-state index is 0.0350. The number of unbranched alkanes of at least 4 members (excludes halogenated alkanes) is 1. The average molecular weight is 296 g/mol. The highest BCUT2D eigenvalue weighted by Crippen LogP contribution is 2.16. The molecule has 8 nitrogen and oxygen atoms in total. The van der Waals surface area contributed by atoms with Crippen molar-refractivity contribution in [1.29, 1.82) is 0 Å². The number of carboxylic acids is 1. The molecule has 0 fully saturated rings. The second-order valence-corrected chi connectivity index (χ2v) is 4.50. The van der Waals surface area contributed by atoms with E-state index < -0.39 is 36.5 Å². The van der Waals surface area contributed by atoms with Crippen molar-refractivity contribution >= 4 is 12.3 Å². The van der Waals surface area contributed by atoms with Crippen molar-refractivity contribution in [3.05, 3.63) is 0 Å². The van der Waals surface area contributed by atoms with Crippen molar-refractivity contribution in [3.63, 3.8) is 0 Å². The molecular weight excluding hydrogens is 272 g/mol. The standard InChI is InChI=1S/C7H14O6.C5H10O2/c1-7(13,5(11)3-9)6(12)4(10)2-8;1-2-3-4-5(6)7/h3-6,8,10-13H,2H2,1H3;2-4H2,1H3,(H,6,7). The monoisotopic (exact) mass is 296 g/mol. The van der Waals surface area contributed by atoms with Gasteiger partial charge in [0.15, 0.2) is 6.29 Å². The highest BCUT2D eigenvalue weighted by Gasteiger charge is 2.41. The van der Waals surface area contributed by atoms with Gasteiger partial charge >= 0.3 is 5.97 Å². The third kappa shape index (κ3) is 8.18. The maximum atomic E-state index is 10.1. The second-order valence-electron chi connectivity index (χ2n) is 4.50. The normalized spacial score (nSPS) is 17.9. The van der Waals surface area contributed by atoms with Gasteiger partial charge in [-0.3, -0.25) is 4.79 Å². The molecule has 0 saturated carbocycles. The second kappa shape index (κ2) is 10.7. The Morgan fingerprint density at radius 1 is 1.30 bits per heavy atom. The van der Waals surface area contributed by atoms with Gasteiger partial charge in [-0.1, -0.05) is 13.3 Å². The maximum Gasteiger partial charge on any atom is 0.303 e. The molecule has 0 aromatic rings. The summed E-state index contributed by atoms with van der Waals surface area (Å²) in [6.45, 7) is 2.18. The zero-order valence-corrected chi connectivity index (χ0v) is 11.6. The van der Waals surface area contributed by atoms with Gasteiger partial charge in [-0.15, -0.1) is 0 Å². The number of aliphatic hydroxyl groups is 5. The van der Waals surface area contributed by atoms with E-state index in [1.807, 2.05) is 6.92 Å². The molecule has 0 saturated heterocycles. The smallest absolute Gasteiger partial charge is 0.303 e. The lowest BCUT2D eigenvalue weighted by molar-refractivity contribution is -0.173. The van der Waals surface area contributed by atoms with Gasteiger partial charge in [0.2, 0.25) is 0 Å². The third-order valence-corrected chi connectivity index (χ3v) is 2.62. The quantitative estimate of drug-likeness (QED) is 0.289. The molecule has 0 amide bonds. The van der Waals surface area contributed by atoms with Crippen LogP contribution in [0.1, 0.15) is 33.1 Å². The topological polar surface area (TPSA) is 156 Å². The van der Waals surface area contributed by atoms with Gasteiger partial charge in [0, 0.05) is 6.42 Å². The van der Waals surface area contributed by atoms with Crippen LogP contribution in [0.3, 0.4) is 0 Å². The third-order valence-electron chi connectivity index (χ3n) is 2.62. The number of aliphatic hydroxyl groups excluding tert-OH is 4. The fourth-order valence-electron chi connectivity index (χ4n) is 1.13. The van der Waals surface area contributed by atoms with Gasteiger partial charge in [0.05, 0.1) is 6.61 Å². The number of aldehydes is 1. The Hall–Kier alpha value is -1.06. The van der Waals surface area contributed by atoms with Crippen molar-refractivity contribution in [1.82, 2.24) is 0 Å². The van der Waals surface area contributed by atoms with E-state index in [9.17, 15) is 14.7 Å². The van der Waals surface area contributed by atoms with Crippen LogP contribution in [0.2, 0.25) is 0 Å². The molecule has 20 heavy (non-hydrogen) atoms. The van der Waals surface area contributed by atoms with Crippen LogP contribution >= 0.6 is 0 Å². The molecule has 0 aliphatic rings. The Kier molecular flexibility index (Phi) is 11.4. The van der Waals surface area contributed by atoms with Crippen LogP contribution in [0.15, 0.2) is 0 Å². The van der Waals surface area contributed by atoms with E-state index in [0.717, 1.165) is 19.8 Å². The molecule has 0 bridgehead atoms. The summed E-state index contributed by atoms with van der Waals surface area (Å²) >= 11 is 0. The van der Waals surface area contributed by atoms with Crippen LogP contribution in [-0.2, 0) is 9.59 Å². The Morgan fingerprint density at radius 2 is 1.80 bits per heavy atom. The van der Waals surface area contributed by atoms with Crippen molar-refractivity contribution in [2.75, 3.05) is 6.61 Å². The van der Waals surface area contributed by atoms with E-state index in [1.54, 1.807) is 0 Å². The molecule has 0 rings (SSSR count). The lowest BCUT2D eigenvalue weighted by atomic mass is 9.90. The van der Waals surface area contributed by atoms with Gasteiger partial charge in [0.25, 0.3) is 0 Å². The van der Waals surface area contributed by atoms with E-state index in [-0.39, 0.29) is 6.29 Å². The summed E-state index contributed by atoms with van der Waals surface area (Å²) in [7, 11) is 0. The van der Waals surface area contributed by atoms with Crippen LogP contribution in [0.25, 0.3) is 0 Å². The summed E-state index contributed by atoms with van der Waals surface area (Å²) in [6, 6.07) is 0. The predicted molar refractivity (Wildman–Crippen MR) is 69.0 cm³/mol. The predicted octanol–water partition coefficient (Wildman–Crippen LogP) is -1.73. The number of hydrogen-bond acceptors (Lipinski definition) is 7. The van der Waals surface area contributed by atoms with E-state index >= 15 is 0 Å². The highest BCUT2D eigenvalue weighted by atomic mass is 16.4. The first-order valence-corrected chi connectivity index (χ1v) is 6.19.